The Balaban J connectivity index is 2.43. The highest BCUT2D eigenvalue weighted by Gasteiger charge is 2.31. The molecule has 0 bridgehead atoms. The van der Waals surface area contributed by atoms with E-state index >= 15 is 0 Å². The van der Waals surface area contributed by atoms with Crippen LogP contribution >= 0.6 is 23.2 Å². The summed E-state index contributed by atoms with van der Waals surface area (Å²) in [4.78, 5) is 27.8. The molecule has 0 heterocycles. The minimum Gasteiger partial charge on any atom is -0.350 e. The van der Waals surface area contributed by atoms with Gasteiger partial charge < -0.3 is 10.2 Å². The van der Waals surface area contributed by atoms with E-state index in [4.69, 9.17) is 23.2 Å². The highest BCUT2D eigenvalue weighted by molar-refractivity contribution is 7.92. The Hall–Kier alpha value is -2.29. The van der Waals surface area contributed by atoms with Crippen LogP contribution < -0.4 is 9.62 Å². The van der Waals surface area contributed by atoms with Crippen LogP contribution in [-0.2, 0) is 26.2 Å². The fourth-order valence-electron chi connectivity index (χ4n) is 3.29. The highest BCUT2D eigenvalue weighted by atomic mass is 35.5. The van der Waals surface area contributed by atoms with E-state index in [2.05, 4.69) is 5.32 Å². The first-order chi connectivity index (χ1) is 15.6. The number of aryl methyl sites for hydroxylation is 1. The van der Waals surface area contributed by atoms with Crippen molar-refractivity contribution in [3.8, 4) is 0 Å². The van der Waals surface area contributed by atoms with E-state index < -0.39 is 34.1 Å². The molecule has 0 aliphatic heterocycles. The zero-order valence-corrected chi connectivity index (χ0v) is 22.6. The Morgan fingerprint density at radius 3 is 2.24 bits per heavy atom. The van der Waals surface area contributed by atoms with Gasteiger partial charge in [0.2, 0.25) is 21.8 Å². The van der Waals surface area contributed by atoms with Gasteiger partial charge in [0.25, 0.3) is 0 Å². The molecule has 0 unspecified atom stereocenters. The molecule has 2 aromatic carbocycles. The molecule has 0 aliphatic rings. The second kappa shape index (κ2) is 11.0. The van der Waals surface area contributed by atoms with Gasteiger partial charge in [-0.05, 0) is 70.0 Å². The van der Waals surface area contributed by atoms with Crippen LogP contribution in [0.15, 0.2) is 42.5 Å². The monoisotopic (exact) mass is 527 g/mol. The van der Waals surface area contributed by atoms with Crippen molar-refractivity contribution >= 4 is 50.7 Å². The quantitative estimate of drug-likeness (QED) is 0.551. The maximum absolute atomic E-state index is 13.5. The molecule has 0 aromatic heterocycles. The van der Waals surface area contributed by atoms with Gasteiger partial charge in [-0.15, -0.1) is 0 Å². The molecular weight excluding hydrogens is 497 g/mol. The van der Waals surface area contributed by atoms with Gasteiger partial charge in [-0.25, -0.2) is 8.42 Å². The first kappa shape index (κ1) is 28.0. The van der Waals surface area contributed by atoms with Crippen molar-refractivity contribution in [1.29, 1.82) is 0 Å². The molecule has 34 heavy (non-hydrogen) atoms. The van der Waals surface area contributed by atoms with E-state index in [0.29, 0.717) is 21.3 Å². The summed E-state index contributed by atoms with van der Waals surface area (Å²) < 4.78 is 26.2. The Morgan fingerprint density at radius 2 is 1.71 bits per heavy atom. The number of carbonyl (C=O) groups excluding carboxylic acids is 2. The molecule has 7 nitrogen and oxygen atoms in total. The lowest BCUT2D eigenvalue weighted by Gasteiger charge is -2.33. The van der Waals surface area contributed by atoms with Crippen molar-refractivity contribution in [1.82, 2.24) is 10.2 Å². The van der Waals surface area contributed by atoms with Gasteiger partial charge in [0.05, 0.1) is 22.0 Å². The van der Waals surface area contributed by atoms with Crippen LogP contribution in [-0.4, -0.2) is 49.5 Å². The summed E-state index contributed by atoms with van der Waals surface area (Å²) in [6, 6.07) is 10.9. The van der Waals surface area contributed by atoms with Crippen molar-refractivity contribution in [3.05, 3.63) is 63.6 Å². The van der Waals surface area contributed by atoms with Gasteiger partial charge in [0.1, 0.15) is 12.6 Å². The van der Waals surface area contributed by atoms with E-state index in [-0.39, 0.29) is 12.5 Å². The molecule has 1 N–H and O–H groups in total. The van der Waals surface area contributed by atoms with Crippen LogP contribution in [0.25, 0.3) is 0 Å². The lowest BCUT2D eigenvalue weighted by Crippen LogP contribution is -2.54. The summed E-state index contributed by atoms with van der Waals surface area (Å²) in [6.07, 6.45) is 1.04. The summed E-state index contributed by atoms with van der Waals surface area (Å²) in [5.41, 5.74) is 1.37. The lowest BCUT2D eigenvalue weighted by atomic mass is 10.1. The number of nitrogens with one attached hydrogen (secondary N) is 1. The van der Waals surface area contributed by atoms with Crippen LogP contribution in [0.4, 0.5) is 5.69 Å². The third-order valence-corrected chi connectivity index (χ3v) is 6.85. The van der Waals surface area contributed by atoms with Crippen molar-refractivity contribution in [2.24, 2.45) is 0 Å². The second-order valence-corrected chi connectivity index (χ2v) is 12.0. The molecule has 0 saturated heterocycles. The van der Waals surface area contributed by atoms with E-state index in [1.807, 2.05) is 33.8 Å². The maximum Gasteiger partial charge on any atom is 0.244 e. The number of sulfonamides is 1. The van der Waals surface area contributed by atoms with Gasteiger partial charge in [-0.3, -0.25) is 13.9 Å². The number of hydrogen-bond donors (Lipinski definition) is 1. The fourth-order valence-corrected chi connectivity index (χ4v) is 4.45. The second-order valence-electron chi connectivity index (χ2n) is 9.29. The number of benzene rings is 2. The molecule has 0 saturated carbocycles. The predicted molar refractivity (Wildman–Crippen MR) is 138 cm³/mol. The number of rotatable bonds is 8. The van der Waals surface area contributed by atoms with Gasteiger partial charge in [-0.2, -0.15) is 0 Å². The third kappa shape index (κ3) is 7.89. The summed E-state index contributed by atoms with van der Waals surface area (Å²) in [5.74, 6) is -0.892. The molecule has 2 amide bonds. The Morgan fingerprint density at radius 1 is 1.06 bits per heavy atom. The molecule has 1 atom stereocenters. The Bertz CT molecular complexity index is 1160. The standard InChI is InChI=1S/C24H31Cl2N3O4S/c1-16-8-7-9-19(12-16)29(34(6,32)33)15-22(30)28(17(2)23(31)27-24(3,4)5)14-18-10-11-20(25)21(26)13-18/h7-13,17H,14-15H2,1-6H3,(H,27,31)/t17-/m0/s1. The van der Waals surface area contributed by atoms with E-state index in [9.17, 15) is 18.0 Å². The molecule has 2 aromatic rings. The molecule has 2 rings (SSSR count). The summed E-state index contributed by atoms with van der Waals surface area (Å²) in [6.45, 7) is 8.54. The number of halogens is 2. The van der Waals surface area contributed by atoms with Crippen LogP contribution in [0.5, 0.6) is 0 Å². The highest BCUT2D eigenvalue weighted by Crippen LogP contribution is 2.25. The van der Waals surface area contributed by atoms with Gasteiger partial charge >= 0.3 is 0 Å². The van der Waals surface area contributed by atoms with Crippen LogP contribution in [0.3, 0.4) is 0 Å². The molecule has 186 valence electrons. The normalized spacial score (nSPS) is 12.7. The Kier molecular flexibility index (Phi) is 9.02. The van der Waals surface area contributed by atoms with E-state index in [1.165, 1.54) is 4.90 Å². The molecule has 0 spiro atoms. The maximum atomic E-state index is 13.5. The predicted octanol–water partition coefficient (Wildman–Crippen LogP) is 4.40. The van der Waals surface area contributed by atoms with Crippen LogP contribution in [0.1, 0.15) is 38.8 Å². The average Bonchev–Trinajstić information content (AvgIpc) is 2.70. The number of nitrogens with zero attached hydrogens (tertiary/aromatic N) is 2. The molecule has 0 radical (unpaired) electrons. The topological polar surface area (TPSA) is 86.8 Å². The third-order valence-electron chi connectivity index (χ3n) is 4.97. The van der Waals surface area contributed by atoms with Crippen molar-refractivity contribution < 1.29 is 18.0 Å². The molecule has 0 aliphatic carbocycles. The SMILES string of the molecule is Cc1cccc(N(CC(=O)N(Cc2ccc(Cl)c(Cl)c2)[C@@H](C)C(=O)NC(C)(C)C)S(C)(=O)=O)c1. The van der Waals surface area contributed by atoms with Crippen molar-refractivity contribution in [2.45, 2.75) is 52.7 Å². The average molecular weight is 529 g/mol. The summed E-state index contributed by atoms with van der Waals surface area (Å²) in [5, 5.41) is 3.55. The van der Waals surface area contributed by atoms with Gasteiger partial charge in [0, 0.05) is 12.1 Å². The zero-order chi connectivity index (χ0) is 25.8. The molecule has 0 fully saturated rings. The minimum absolute atomic E-state index is 0.0415. The van der Waals surface area contributed by atoms with Gasteiger partial charge in [0.15, 0.2) is 0 Å². The number of amides is 2. The summed E-state index contributed by atoms with van der Waals surface area (Å²) >= 11 is 12.2. The number of anilines is 1. The largest absolute Gasteiger partial charge is 0.350 e. The molecular formula is C24H31Cl2N3O4S. The van der Waals surface area contributed by atoms with E-state index in [0.717, 1.165) is 16.1 Å². The van der Waals surface area contributed by atoms with Gasteiger partial charge in [-0.1, -0.05) is 41.4 Å². The molecule has 10 heteroatoms. The van der Waals surface area contributed by atoms with Crippen molar-refractivity contribution in [2.75, 3.05) is 17.1 Å². The van der Waals surface area contributed by atoms with Crippen LogP contribution in [0, 0.1) is 6.92 Å². The zero-order valence-electron chi connectivity index (χ0n) is 20.2. The minimum atomic E-state index is -3.78. The first-order valence-electron chi connectivity index (χ1n) is 10.7. The van der Waals surface area contributed by atoms with E-state index in [1.54, 1.807) is 43.3 Å². The van der Waals surface area contributed by atoms with Crippen LogP contribution in [0.2, 0.25) is 10.0 Å². The lowest BCUT2D eigenvalue weighted by molar-refractivity contribution is -0.140. The summed E-state index contributed by atoms with van der Waals surface area (Å²) in [7, 11) is -3.78. The van der Waals surface area contributed by atoms with Crippen molar-refractivity contribution in [3.63, 3.8) is 0 Å². The number of carbonyl (C=O) groups is 2. The first-order valence-corrected chi connectivity index (χ1v) is 13.3. The fraction of sp³-hybridized carbons (Fsp3) is 0.417. The smallest absolute Gasteiger partial charge is 0.244 e. The Labute approximate surface area is 212 Å². The number of hydrogen-bond acceptors (Lipinski definition) is 4.